The van der Waals surface area contributed by atoms with E-state index in [1.54, 1.807) is 0 Å². The van der Waals surface area contributed by atoms with Gasteiger partial charge in [0.2, 0.25) is 0 Å². The molecule has 96 valence electrons. The van der Waals surface area contributed by atoms with Gasteiger partial charge >= 0.3 is 0 Å². The van der Waals surface area contributed by atoms with Crippen molar-refractivity contribution in [1.29, 1.82) is 0 Å². The van der Waals surface area contributed by atoms with Crippen LogP contribution in [-0.2, 0) is 13.1 Å². The summed E-state index contributed by atoms with van der Waals surface area (Å²) in [5, 5.41) is 5.13. The predicted molar refractivity (Wildman–Crippen MR) is 75.6 cm³/mol. The Hall–Kier alpha value is -1.32. The van der Waals surface area contributed by atoms with Crippen molar-refractivity contribution in [2.45, 2.75) is 33.4 Å². The van der Waals surface area contributed by atoms with Crippen LogP contribution >= 0.6 is 11.6 Å². The third-order valence-electron chi connectivity index (χ3n) is 3.12. The molecule has 0 radical (unpaired) electrons. The first kappa shape index (κ1) is 13.1. The van der Waals surface area contributed by atoms with Crippen LogP contribution in [0.2, 0.25) is 5.02 Å². The molecule has 1 aromatic heterocycles. The SMILES string of the molecule is CCCn1ncc(-c2ccc(Cl)c(CN)c2)c1C. The van der Waals surface area contributed by atoms with Gasteiger partial charge < -0.3 is 5.73 Å². The van der Waals surface area contributed by atoms with Crippen LogP contribution in [0.15, 0.2) is 24.4 Å². The minimum atomic E-state index is 0.453. The van der Waals surface area contributed by atoms with Gasteiger partial charge in [0.05, 0.1) is 6.20 Å². The van der Waals surface area contributed by atoms with Crippen molar-refractivity contribution < 1.29 is 0 Å². The topological polar surface area (TPSA) is 43.8 Å². The molecule has 2 aromatic rings. The number of halogens is 1. The summed E-state index contributed by atoms with van der Waals surface area (Å²) in [6.45, 7) is 5.64. The van der Waals surface area contributed by atoms with E-state index >= 15 is 0 Å². The second-order valence-corrected chi connectivity index (χ2v) is 4.78. The molecule has 0 atom stereocenters. The van der Waals surface area contributed by atoms with Crippen LogP contribution < -0.4 is 5.73 Å². The summed E-state index contributed by atoms with van der Waals surface area (Å²) in [7, 11) is 0. The number of benzene rings is 1. The zero-order chi connectivity index (χ0) is 13.1. The Morgan fingerprint density at radius 3 is 2.83 bits per heavy atom. The summed E-state index contributed by atoms with van der Waals surface area (Å²) in [5.41, 5.74) is 10.1. The van der Waals surface area contributed by atoms with Gasteiger partial charge in [-0.2, -0.15) is 5.10 Å². The molecule has 0 saturated carbocycles. The van der Waals surface area contributed by atoms with E-state index in [2.05, 4.69) is 18.9 Å². The third kappa shape index (κ3) is 2.42. The van der Waals surface area contributed by atoms with Crippen LogP contribution in [0.3, 0.4) is 0 Å². The maximum Gasteiger partial charge on any atom is 0.0571 e. The first-order valence-corrected chi connectivity index (χ1v) is 6.56. The standard InChI is InChI=1S/C14H18ClN3/c1-3-6-18-10(2)13(9-17-18)11-4-5-14(15)12(7-11)8-16/h4-5,7,9H,3,6,8,16H2,1-2H3. The van der Waals surface area contributed by atoms with Gasteiger partial charge in [-0.15, -0.1) is 0 Å². The molecule has 0 aliphatic rings. The van der Waals surface area contributed by atoms with Crippen molar-refractivity contribution in [3.05, 3.63) is 40.7 Å². The lowest BCUT2D eigenvalue weighted by Crippen LogP contribution is -2.01. The molecule has 1 aromatic carbocycles. The molecule has 0 spiro atoms. The molecule has 0 saturated heterocycles. The maximum absolute atomic E-state index is 6.08. The largest absolute Gasteiger partial charge is 0.326 e. The predicted octanol–water partition coefficient (Wildman–Crippen LogP) is 3.38. The Morgan fingerprint density at radius 2 is 2.17 bits per heavy atom. The Bertz CT molecular complexity index is 546. The monoisotopic (exact) mass is 263 g/mol. The smallest absolute Gasteiger partial charge is 0.0571 e. The molecule has 0 bridgehead atoms. The zero-order valence-corrected chi connectivity index (χ0v) is 11.5. The van der Waals surface area contributed by atoms with Gasteiger partial charge in [-0.1, -0.05) is 24.6 Å². The zero-order valence-electron chi connectivity index (χ0n) is 10.8. The first-order valence-electron chi connectivity index (χ1n) is 6.18. The minimum Gasteiger partial charge on any atom is -0.326 e. The highest BCUT2D eigenvalue weighted by Gasteiger charge is 2.09. The van der Waals surface area contributed by atoms with Gasteiger partial charge in [0.1, 0.15) is 0 Å². The minimum absolute atomic E-state index is 0.453. The average molecular weight is 264 g/mol. The fourth-order valence-corrected chi connectivity index (χ4v) is 2.26. The van der Waals surface area contributed by atoms with E-state index in [1.807, 2.05) is 29.1 Å². The van der Waals surface area contributed by atoms with Crippen LogP contribution in [0.1, 0.15) is 24.6 Å². The third-order valence-corrected chi connectivity index (χ3v) is 3.48. The van der Waals surface area contributed by atoms with Crippen molar-refractivity contribution in [2.75, 3.05) is 0 Å². The van der Waals surface area contributed by atoms with Gasteiger partial charge in [0.15, 0.2) is 0 Å². The fraction of sp³-hybridized carbons (Fsp3) is 0.357. The molecule has 0 aliphatic carbocycles. The van der Waals surface area contributed by atoms with Crippen LogP contribution in [0.25, 0.3) is 11.1 Å². The maximum atomic E-state index is 6.08. The van der Waals surface area contributed by atoms with E-state index in [0.29, 0.717) is 6.54 Å². The molecular weight excluding hydrogens is 246 g/mol. The highest BCUT2D eigenvalue weighted by molar-refractivity contribution is 6.31. The van der Waals surface area contributed by atoms with Crippen molar-refractivity contribution in [3.63, 3.8) is 0 Å². The Morgan fingerprint density at radius 1 is 1.39 bits per heavy atom. The lowest BCUT2D eigenvalue weighted by molar-refractivity contribution is 0.587. The number of aryl methyl sites for hydroxylation is 1. The normalized spacial score (nSPS) is 10.9. The second-order valence-electron chi connectivity index (χ2n) is 4.38. The molecule has 18 heavy (non-hydrogen) atoms. The van der Waals surface area contributed by atoms with Gasteiger partial charge in [0, 0.05) is 29.4 Å². The van der Waals surface area contributed by atoms with E-state index in [1.165, 1.54) is 5.69 Å². The molecule has 2 N–H and O–H groups in total. The average Bonchev–Trinajstić information content (AvgIpc) is 2.73. The van der Waals surface area contributed by atoms with Crippen LogP contribution in [-0.4, -0.2) is 9.78 Å². The van der Waals surface area contributed by atoms with E-state index in [4.69, 9.17) is 17.3 Å². The van der Waals surface area contributed by atoms with Crippen molar-refractivity contribution >= 4 is 11.6 Å². The molecule has 0 unspecified atom stereocenters. The van der Waals surface area contributed by atoms with Crippen LogP contribution in [0.5, 0.6) is 0 Å². The van der Waals surface area contributed by atoms with Gasteiger partial charge in [-0.05, 0) is 36.6 Å². The number of nitrogens with zero attached hydrogens (tertiary/aromatic N) is 2. The van der Waals surface area contributed by atoms with E-state index < -0.39 is 0 Å². The first-order chi connectivity index (χ1) is 8.67. The second kappa shape index (κ2) is 5.55. The summed E-state index contributed by atoms with van der Waals surface area (Å²) in [6.07, 6.45) is 2.99. The Balaban J connectivity index is 2.42. The Labute approximate surface area is 113 Å². The van der Waals surface area contributed by atoms with E-state index in [-0.39, 0.29) is 0 Å². The highest BCUT2D eigenvalue weighted by atomic mass is 35.5. The Kier molecular flexibility index (Phi) is 4.04. The summed E-state index contributed by atoms with van der Waals surface area (Å²) < 4.78 is 2.03. The van der Waals surface area contributed by atoms with Gasteiger partial charge in [-0.25, -0.2) is 0 Å². The fourth-order valence-electron chi connectivity index (χ4n) is 2.07. The molecule has 0 fully saturated rings. The van der Waals surface area contributed by atoms with Crippen LogP contribution in [0, 0.1) is 6.92 Å². The molecule has 1 heterocycles. The number of aromatic nitrogens is 2. The number of nitrogens with two attached hydrogens (primary N) is 1. The van der Waals surface area contributed by atoms with Crippen molar-refractivity contribution in [1.82, 2.24) is 9.78 Å². The number of hydrogen-bond acceptors (Lipinski definition) is 2. The van der Waals surface area contributed by atoms with Gasteiger partial charge in [-0.3, -0.25) is 4.68 Å². The van der Waals surface area contributed by atoms with Crippen LogP contribution in [0.4, 0.5) is 0 Å². The molecular formula is C14H18ClN3. The summed E-state index contributed by atoms with van der Waals surface area (Å²) in [5.74, 6) is 0. The number of hydrogen-bond donors (Lipinski definition) is 1. The summed E-state index contributed by atoms with van der Waals surface area (Å²) in [4.78, 5) is 0. The van der Waals surface area contributed by atoms with E-state index in [0.717, 1.165) is 34.7 Å². The molecule has 2 rings (SSSR count). The molecule has 0 amide bonds. The quantitative estimate of drug-likeness (QED) is 0.919. The van der Waals surface area contributed by atoms with Crippen molar-refractivity contribution in [2.24, 2.45) is 5.73 Å². The summed E-state index contributed by atoms with van der Waals surface area (Å²) >= 11 is 6.08. The van der Waals surface area contributed by atoms with E-state index in [9.17, 15) is 0 Å². The molecule has 0 aliphatic heterocycles. The number of rotatable bonds is 4. The highest BCUT2D eigenvalue weighted by Crippen LogP contribution is 2.27. The molecule has 3 nitrogen and oxygen atoms in total. The molecule has 4 heteroatoms. The lowest BCUT2D eigenvalue weighted by atomic mass is 10.0. The van der Waals surface area contributed by atoms with Crippen molar-refractivity contribution in [3.8, 4) is 11.1 Å². The van der Waals surface area contributed by atoms with Gasteiger partial charge in [0.25, 0.3) is 0 Å². The lowest BCUT2D eigenvalue weighted by Gasteiger charge is -2.07. The summed E-state index contributed by atoms with van der Waals surface area (Å²) in [6, 6.07) is 5.96.